The van der Waals surface area contributed by atoms with Crippen LogP contribution in [0.15, 0.2) is 47.4 Å². The Bertz CT molecular complexity index is 848. The van der Waals surface area contributed by atoms with Gasteiger partial charge < -0.3 is 10.1 Å². The maximum Gasteiger partial charge on any atom is 0.243 e. The normalized spacial score (nSPS) is 15.9. The summed E-state index contributed by atoms with van der Waals surface area (Å²) in [5.41, 5.74) is 2.94. The summed E-state index contributed by atoms with van der Waals surface area (Å²) >= 11 is 0. The maximum atomic E-state index is 13.1. The lowest BCUT2D eigenvalue weighted by Gasteiger charge is -2.26. The molecule has 0 spiro atoms. The largest absolute Gasteiger partial charge is 0.379 e. The van der Waals surface area contributed by atoms with Crippen LogP contribution in [0.2, 0.25) is 0 Å². The van der Waals surface area contributed by atoms with Crippen LogP contribution >= 0.6 is 0 Å². The van der Waals surface area contributed by atoms with Crippen LogP contribution in [0.1, 0.15) is 16.7 Å². The molecule has 0 amide bonds. The van der Waals surface area contributed by atoms with Crippen molar-refractivity contribution in [1.29, 1.82) is 0 Å². The van der Waals surface area contributed by atoms with Gasteiger partial charge >= 0.3 is 0 Å². The summed E-state index contributed by atoms with van der Waals surface area (Å²) in [6.07, 6.45) is 0. The number of halogens is 1. The van der Waals surface area contributed by atoms with Gasteiger partial charge in [0.25, 0.3) is 0 Å². The van der Waals surface area contributed by atoms with Crippen molar-refractivity contribution in [3.05, 3.63) is 65.0 Å². The lowest BCUT2D eigenvalue weighted by molar-refractivity contribution is 0.0730. The van der Waals surface area contributed by atoms with Crippen molar-refractivity contribution in [2.45, 2.75) is 24.9 Å². The molecule has 0 bridgehead atoms. The Morgan fingerprint density at radius 1 is 1.08 bits per heavy atom. The van der Waals surface area contributed by atoms with Gasteiger partial charge in [-0.25, -0.2) is 12.8 Å². The van der Waals surface area contributed by atoms with Gasteiger partial charge in [0.2, 0.25) is 10.0 Å². The summed E-state index contributed by atoms with van der Waals surface area (Å²) in [5.74, 6) is -0.233. The average Bonchev–Trinajstić information content (AvgIpc) is 2.65. The van der Waals surface area contributed by atoms with Gasteiger partial charge in [0.15, 0.2) is 0 Å². The van der Waals surface area contributed by atoms with Crippen LogP contribution in [0, 0.1) is 12.7 Å². The van der Waals surface area contributed by atoms with E-state index in [2.05, 4.69) is 5.32 Å². The first-order valence-electron chi connectivity index (χ1n) is 8.59. The van der Waals surface area contributed by atoms with Gasteiger partial charge in [-0.3, -0.25) is 0 Å². The van der Waals surface area contributed by atoms with Crippen molar-refractivity contribution in [3.8, 4) is 0 Å². The van der Waals surface area contributed by atoms with E-state index in [1.165, 1.54) is 16.4 Å². The molecule has 0 aromatic heterocycles. The molecule has 5 nitrogen and oxygen atoms in total. The fraction of sp³-hybridized carbons (Fsp3) is 0.368. The van der Waals surface area contributed by atoms with Crippen LogP contribution in [-0.4, -0.2) is 39.0 Å². The lowest BCUT2D eigenvalue weighted by Crippen LogP contribution is -2.40. The number of ether oxygens (including phenoxy) is 1. The highest BCUT2D eigenvalue weighted by atomic mass is 32.2. The van der Waals surface area contributed by atoms with Crippen LogP contribution in [0.3, 0.4) is 0 Å². The molecule has 2 aromatic rings. The summed E-state index contributed by atoms with van der Waals surface area (Å²) in [6, 6.07) is 11.7. The van der Waals surface area contributed by atoms with Crippen molar-refractivity contribution < 1.29 is 17.5 Å². The Balaban J connectivity index is 1.59. The monoisotopic (exact) mass is 378 g/mol. The van der Waals surface area contributed by atoms with Crippen LogP contribution in [-0.2, 0) is 27.8 Å². The Morgan fingerprint density at radius 2 is 1.77 bits per heavy atom. The second-order valence-corrected chi connectivity index (χ2v) is 8.27. The zero-order valence-electron chi connectivity index (χ0n) is 14.7. The van der Waals surface area contributed by atoms with Crippen LogP contribution in [0.25, 0.3) is 0 Å². The van der Waals surface area contributed by atoms with E-state index in [4.69, 9.17) is 4.74 Å². The maximum absolute atomic E-state index is 13.1. The molecule has 0 radical (unpaired) electrons. The summed E-state index contributed by atoms with van der Waals surface area (Å²) in [7, 11) is -3.45. The second kappa shape index (κ2) is 8.26. The summed E-state index contributed by atoms with van der Waals surface area (Å²) in [5, 5.41) is 3.30. The van der Waals surface area contributed by atoms with E-state index in [1.807, 2.05) is 19.1 Å². The molecular formula is C19H23FN2O3S. The molecule has 7 heteroatoms. The van der Waals surface area contributed by atoms with E-state index in [1.54, 1.807) is 18.2 Å². The number of morpholine rings is 1. The van der Waals surface area contributed by atoms with E-state index < -0.39 is 10.0 Å². The molecule has 0 aliphatic carbocycles. The van der Waals surface area contributed by atoms with Gasteiger partial charge in [-0.2, -0.15) is 4.31 Å². The zero-order chi connectivity index (χ0) is 18.6. The van der Waals surface area contributed by atoms with Crippen molar-refractivity contribution in [1.82, 2.24) is 9.62 Å². The molecule has 26 heavy (non-hydrogen) atoms. The summed E-state index contributed by atoms with van der Waals surface area (Å²) < 4.78 is 45.0. The lowest BCUT2D eigenvalue weighted by atomic mass is 10.1. The predicted molar refractivity (Wildman–Crippen MR) is 97.7 cm³/mol. The predicted octanol–water partition coefficient (Wildman–Crippen LogP) is 2.44. The molecule has 0 atom stereocenters. The SMILES string of the molecule is Cc1cc(F)ccc1CNCc1ccc(S(=O)(=O)N2CCOCC2)cc1. The first-order valence-corrected chi connectivity index (χ1v) is 10.0. The van der Waals surface area contributed by atoms with Crippen molar-refractivity contribution in [3.63, 3.8) is 0 Å². The van der Waals surface area contributed by atoms with Gasteiger partial charge in [0.1, 0.15) is 5.82 Å². The highest BCUT2D eigenvalue weighted by molar-refractivity contribution is 7.89. The minimum absolute atomic E-state index is 0.233. The number of rotatable bonds is 6. The van der Waals surface area contributed by atoms with Crippen molar-refractivity contribution in [2.75, 3.05) is 26.3 Å². The Labute approximate surface area is 153 Å². The molecule has 1 N–H and O–H groups in total. The van der Waals surface area contributed by atoms with E-state index >= 15 is 0 Å². The third kappa shape index (κ3) is 4.48. The number of hydrogen-bond acceptors (Lipinski definition) is 4. The molecule has 2 aromatic carbocycles. The van der Waals surface area contributed by atoms with Gasteiger partial charge in [-0.1, -0.05) is 18.2 Å². The molecule has 3 rings (SSSR count). The molecule has 1 aliphatic heterocycles. The molecule has 1 heterocycles. The highest BCUT2D eigenvalue weighted by Gasteiger charge is 2.25. The number of benzene rings is 2. The first-order chi connectivity index (χ1) is 12.5. The van der Waals surface area contributed by atoms with Gasteiger partial charge in [-0.05, 0) is 47.9 Å². The molecule has 0 unspecified atom stereocenters. The van der Waals surface area contributed by atoms with Gasteiger partial charge in [-0.15, -0.1) is 0 Å². The fourth-order valence-electron chi connectivity index (χ4n) is 2.91. The fourth-order valence-corrected chi connectivity index (χ4v) is 4.32. The van der Waals surface area contributed by atoms with Gasteiger partial charge in [0, 0.05) is 26.2 Å². The van der Waals surface area contributed by atoms with E-state index in [9.17, 15) is 12.8 Å². The van der Waals surface area contributed by atoms with Crippen LogP contribution in [0.5, 0.6) is 0 Å². The van der Waals surface area contributed by atoms with E-state index in [-0.39, 0.29) is 5.82 Å². The molecule has 1 aliphatic rings. The quantitative estimate of drug-likeness (QED) is 0.839. The molecular weight excluding hydrogens is 355 g/mol. The minimum atomic E-state index is -3.45. The van der Waals surface area contributed by atoms with Crippen molar-refractivity contribution in [2.24, 2.45) is 0 Å². The Hall–Kier alpha value is -1.80. The molecule has 1 fully saturated rings. The van der Waals surface area contributed by atoms with Crippen LogP contribution in [0.4, 0.5) is 4.39 Å². The first kappa shape index (κ1) is 19.0. The van der Waals surface area contributed by atoms with Crippen molar-refractivity contribution >= 4 is 10.0 Å². The van der Waals surface area contributed by atoms with Crippen LogP contribution < -0.4 is 5.32 Å². The number of aryl methyl sites for hydroxylation is 1. The average molecular weight is 378 g/mol. The highest BCUT2D eigenvalue weighted by Crippen LogP contribution is 2.18. The zero-order valence-corrected chi connectivity index (χ0v) is 15.6. The molecule has 140 valence electrons. The standard InChI is InChI=1S/C19H23FN2O3S/c1-15-12-18(20)5-4-17(15)14-21-13-16-2-6-19(7-3-16)26(23,24)22-8-10-25-11-9-22/h2-7,12,21H,8-11,13-14H2,1H3. The number of nitrogens with zero attached hydrogens (tertiary/aromatic N) is 1. The smallest absolute Gasteiger partial charge is 0.243 e. The number of sulfonamides is 1. The number of hydrogen-bond donors (Lipinski definition) is 1. The van der Waals surface area contributed by atoms with E-state index in [0.717, 1.165) is 16.7 Å². The third-order valence-electron chi connectivity index (χ3n) is 4.48. The Morgan fingerprint density at radius 3 is 2.42 bits per heavy atom. The topological polar surface area (TPSA) is 58.6 Å². The van der Waals surface area contributed by atoms with Gasteiger partial charge in [0.05, 0.1) is 18.1 Å². The Kier molecular flexibility index (Phi) is 6.03. The minimum Gasteiger partial charge on any atom is -0.379 e. The second-order valence-electron chi connectivity index (χ2n) is 6.33. The van der Waals surface area contributed by atoms with E-state index in [0.29, 0.717) is 44.3 Å². The molecule has 0 saturated carbocycles. The summed E-state index contributed by atoms with van der Waals surface area (Å²) in [4.78, 5) is 0.303. The molecule has 1 saturated heterocycles. The summed E-state index contributed by atoms with van der Waals surface area (Å²) in [6.45, 7) is 4.76. The third-order valence-corrected chi connectivity index (χ3v) is 6.39. The number of nitrogens with one attached hydrogen (secondary N) is 1.